The highest BCUT2D eigenvalue weighted by molar-refractivity contribution is 5.94. The zero-order valence-corrected chi connectivity index (χ0v) is 17.8. The molecule has 2 fully saturated rings. The Kier molecular flexibility index (Phi) is 6.11. The van der Waals surface area contributed by atoms with E-state index in [-0.39, 0.29) is 5.91 Å². The molecule has 0 radical (unpaired) electrons. The largest absolute Gasteiger partial charge is 0.492 e. The molecule has 0 bridgehead atoms. The van der Waals surface area contributed by atoms with Crippen molar-refractivity contribution in [1.82, 2.24) is 0 Å². The van der Waals surface area contributed by atoms with Gasteiger partial charge in [0.25, 0.3) is 0 Å². The smallest absolute Gasteiger partial charge is 0.227 e. The number of ether oxygens (including phenoxy) is 1. The van der Waals surface area contributed by atoms with Gasteiger partial charge in [0.15, 0.2) is 6.29 Å². The van der Waals surface area contributed by atoms with E-state index in [9.17, 15) is 15.0 Å². The van der Waals surface area contributed by atoms with Crippen LogP contribution in [0.5, 0.6) is 5.75 Å². The predicted molar refractivity (Wildman–Crippen MR) is 117 cm³/mol. The first-order valence-corrected chi connectivity index (χ1v) is 11.1. The maximum Gasteiger partial charge on any atom is 0.227 e. The summed E-state index contributed by atoms with van der Waals surface area (Å²) >= 11 is 0. The van der Waals surface area contributed by atoms with Crippen LogP contribution in [0, 0.1) is 0 Å². The molecule has 0 aromatic heterocycles. The number of carbonyl (C=O) groups is 1. The van der Waals surface area contributed by atoms with Crippen LogP contribution in [-0.4, -0.2) is 22.7 Å². The number of aliphatic hydroxyl groups is 2. The van der Waals surface area contributed by atoms with Crippen LogP contribution >= 0.6 is 0 Å². The zero-order chi connectivity index (χ0) is 21.3. The second-order valence-electron chi connectivity index (χ2n) is 8.42. The van der Waals surface area contributed by atoms with Gasteiger partial charge in [-0.2, -0.15) is 0 Å². The van der Waals surface area contributed by atoms with E-state index in [1.807, 2.05) is 13.8 Å². The number of hydrogen-bond acceptors (Lipinski definition) is 4. The quantitative estimate of drug-likeness (QED) is 0.586. The number of aliphatic hydroxyl groups excluding tert-OH is 1. The van der Waals surface area contributed by atoms with Gasteiger partial charge in [0.05, 0.1) is 18.8 Å². The average molecular weight is 410 g/mol. The molecule has 0 unspecified atom stereocenters. The predicted octanol–water partition coefficient (Wildman–Crippen LogP) is 4.77. The number of amides is 1. The zero-order valence-electron chi connectivity index (χ0n) is 17.8. The van der Waals surface area contributed by atoms with Crippen molar-refractivity contribution in [1.29, 1.82) is 0 Å². The lowest BCUT2D eigenvalue weighted by Gasteiger charge is -2.26. The fourth-order valence-electron chi connectivity index (χ4n) is 4.01. The van der Waals surface area contributed by atoms with Crippen LogP contribution < -0.4 is 9.64 Å². The Hall–Kier alpha value is -2.37. The minimum Gasteiger partial charge on any atom is -0.492 e. The highest BCUT2D eigenvalue weighted by atomic mass is 16.5. The molecule has 0 heterocycles. The van der Waals surface area contributed by atoms with Crippen molar-refractivity contribution in [3.8, 4) is 5.75 Å². The topological polar surface area (TPSA) is 70.0 Å². The fraction of sp³-hybridized carbons (Fsp3) is 0.480. The molecule has 1 amide bonds. The monoisotopic (exact) mass is 409 g/mol. The third-order valence-electron chi connectivity index (χ3n) is 5.95. The number of rotatable bonds is 9. The lowest BCUT2D eigenvalue weighted by atomic mass is 9.99. The highest BCUT2D eigenvalue weighted by Gasteiger charge is 2.29. The molecule has 5 heteroatoms. The van der Waals surface area contributed by atoms with E-state index >= 15 is 0 Å². The van der Waals surface area contributed by atoms with E-state index in [0.29, 0.717) is 48.4 Å². The highest BCUT2D eigenvalue weighted by Crippen LogP contribution is 2.45. The number of nitrogens with zero attached hydrogens (tertiary/aromatic N) is 1. The van der Waals surface area contributed by atoms with Crippen LogP contribution in [0.3, 0.4) is 0 Å². The maximum absolute atomic E-state index is 12.9. The van der Waals surface area contributed by atoms with Gasteiger partial charge in [0.2, 0.25) is 5.91 Å². The van der Waals surface area contributed by atoms with Crippen LogP contribution in [0.25, 0.3) is 0 Å². The number of carbonyl (C=O) groups excluding carboxylic acids is 1. The Morgan fingerprint density at radius 3 is 2.17 bits per heavy atom. The van der Waals surface area contributed by atoms with Crippen molar-refractivity contribution in [3.63, 3.8) is 0 Å². The average Bonchev–Trinajstić information content (AvgIpc) is 3.64. The molecule has 0 spiro atoms. The molecule has 2 aliphatic carbocycles. The number of benzene rings is 2. The summed E-state index contributed by atoms with van der Waals surface area (Å²) in [5, 5.41) is 19.1. The normalized spacial score (nSPS) is 16.0. The summed E-state index contributed by atoms with van der Waals surface area (Å²) in [6.07, 6.45) is 3.82. The molecule has 0 saturated heterocycles. The maximum atomic E-state index is 12.9. The summed E-state index contributed by atoms with van der Waals surface area (Å²) in [5.41, 5.74) is 4.97. The van der Waals surface area contributed by atoms with Crippen molar-refractivity contribution in [2.75, 3.05) is 11.5 Å². The molecular weight excluding hydrogens is 378 g/mol. The molecule has 2 aromatic rings. The number of hydrogen-bond donors (Lipinski definition) is 2. The lowest BCUT2D eigenvalue weighted by molar-refractivity contribution is -0.118. The minimum atomic E-state index is -1.58. The first-order valence-electron chi connectivity index (χ1n) is 11.1. The third kappa shape index (κ3) is 4.68. The van der Waals surface area contributed by atoms with Crippen LogP contribution in [0.4, 0.5) is 5.69 Å². The molecule has 160 valence electrons. The van der Waals surface area contributed by atoms with Gasteiger partial charge in [-0.1, -0.05) is 31.2 Å². The van der Waals surface area contributed by atoms with Crippen molar-refractivity contribution in [3.05, 3.63) is 58.7 Å². The van der Waals surface area contributed by atoms with E-state index in [1.54, 1.807) is 23.1 Å². The molecule has 2 aliphatic rings. The molecule has 2 N–H and O–H groups in total. The van der Waals surface area contributed by atoms with Gasteiger partial charge >= 0.3 is 0 Å². The summed E-state index contributed by atoms with van der Waals surface area (Å²) in [4.78, 5) is 14.7. The van der Waals surface area contributed by atoms with Crippen molar-refractivity contribution in [2.24, 2.45) is 0 Å². The molecule has 0 aliphatic heterocycles. The Morgan fingerprint density at radius 1 is 1.03 bits per heavy atom. The molecular formula is C25H31NO4. The van der Waals surface area contributed by atoms with Crippen LogP contribution in [-0.2, 0) is 11.3 Å². The minimum absolute atomic E-state index is 0.0121. The van der Waals surface area contributed by atoms with E-state index < -0.39 is 6.29 Å². The first-order chi connectivity index (χ1) is 14.5. The summed E-state index contributed by atoms with van der Waals surface area (Å²) in [7, 11) is 0. The van der Waals surface area contributed by atoms with Crippen LogP contribution in [0.1, 0.15) is 86.3 Å². The third-order valence-corrected chi connectivity index (χ3v) is 5.95. The summed E-state index contributed by atoms with van der Waals surface area (Å²) in [6.45, 7) is 4.64. The van der Waals surface area contributed by atoms with Gasteiger partial charge in [0, 0.05) is 12.0 Å². The first kappa shape index (κ1) is 20.9. The second kappa shape index (κ2) is 8.78. The summed E-state index contributed by atoms with van der Waals surface area (Å²) in [5.74, 6) is 1.84. The van der Waals surface area contributed by atoms with Gasteiger partial charge in [-0.15, -0.1) is 0 Å². The molecule has 2 aromatic carbocycles. The van der Waals surface area contributed by atoms with Crippen LogP contribution in [0.15, 0.2) is 36.4 Å². The Bertz CT molecular complexity index is 885. The van der Waals surface area contributed by atoms with Gasteiger partial charge in [-0.3, -0.25) is 4.79 Å². The van der Waals surface area contributed by atoms with E-state index in [2.05, 4.69) is 18.2 Å². The van der Waals surface area contributed by atoms with Gasteiger partial charge < -0.3 is 19.8 Å². The van der Waals surface area contributed by atoms with E-state index in [1.165, 1.54) is 36.8 Å². The standard InChI is InChI=1S/C25H31NO4/c1-3-24(27)26(22-10-9-19(25(28)29)14-23(22)30-4-2)15-16-11-20(17-5-6-17)13-21(12-16)18-7-8-18/h9-14,17-18,25,28-29H,3-8,15H2,1-2H3. The SMILES string of the molecule is CCOc1cc(C(O)O)ccc1N(Cc1cc(C2CC2)cc(C2CC2)c1)C(=O)CC. The van der Waals surface area contributed by atoms with Gasteiger partial charge in [-0.25, -0.2) is 0 Å². The second-order valence-corrected chi connectivity index (χ2v) is 8.42. The van der Waals surface area contributed by atoms with E-state index in [0.717, 1.165) is 5.56 Å². The Labute approximate surface area is 178 Å². The molecule has 5 nitrogen and oxygen atoms in total. The lowest BCUT2D eigenvalue weighted by Crippen LogP contribution is -2.30. The Balaban J connectivity index is 1.70. The summed E-state index contributed by atoms with van der Waals surface area (Å²) < 4.78 is 5.77. The van der Waals surface area contributed by atoms with Crippen LogP contribution in [0.2, 0.25) is 0 Å². The molecule has 2 saturated carbocycles. The van der Waals surface area contributed by atoms with Crippen molar-refractivity contribution < 1.29 is 19.7 Å². The summed E-state index contributed by atoms with van der Waals surface area (Å²) in [6, 6.07) is 11.9. The fourth-order valence-corrected chi connectivity index (χ4v) is 4.01. The molecule has 0 atom stereocenters. The van der Waals surface area contributed by atoms with Crippen molar-refractivity contribution >= 4 is 11.6 Å². The Morgan fingerprint density at radius 2 is 1.67 bits per heavy atom. The molecule has 30 heavy (non-hydrogen) atoms. The molecule has 4 rings (SSSR count). The van der Waals surface area contributed by atoms with E-state index in [4.69, 9.17) is 4.74 Å². The van der Waals surface area contributed by atoms with Gasteiger partial charge in [-0.05, 0) is 73.3 Å². The van der Waals surface area contributed by atoms with Gasteiger partial charge in [0.1, 0.15) is 5.75 Å². The number of anilines is 1. The van der Waals surface area contributed by atoms with Crippen molar-refractivity contribution in [2.45, 2.75) is 70.6 Å².